The smallest absolute Gasteiger partial charge is 0.307 e. The van der Waals surface area contributed by atoms with Gasteiger partial charge in [0.2, 0.25) is 0 Å². The average Bonchev–Trinajstić information content (AvgIpc) is 2.22. The lowest BCUT2D eigenvalue weighted by atomic mass is 10.1. The van der Waals surface area contributed by atoms with Crippen LogP contribution in [-0.2, 0) is 11.2 Å². The molecule has 0 unspecified atom stereocenters. The van der Waals surface area contributed by atoms with Crippen molar-refractivity contribution in [1.82, 2.24) is 5.32 Å². The van der Waals surface area contributed by atoms with Crippen molar-refractivity contribution >= 4 is 17.6 Å². The van der Waals surface area contributed by atoms with E-state index in [4.69, 9.17) is 16.7 Å². The highest BCUT2D eigenvalue weighted by Crippen LogP contribution is 2.15. The molecule has 1 aromatic rings. The minimum absolute atomic E-state index is 0.0409. The van der Waals surface area contributed by atoms with Crippen LogP contribution >= 0.6 is 11.6 Å². The Kier molecular flexibility index (Phi) is 4.84. The Bertz CT molecular complexity index is 446. The molecule has 0 heterocycles. The van der Waals surface area contributed by atoms with Gasteiger partial charge in [-0.2, -0.15) is 0 Å². The summed E-state index contributed by atoms with van der Waals surface area (Å²) in [6.07, 6.45) is -0.0409. The molecule has 0 spiro atoms. The standard InChI is InChI=1S/C12H12ClNO2/c1-14-6-2-3-9-7-11(13)5-4-10(9)8-12(15)16/h4-5,7,14H,6,8H2,1H3,(H,15,16). The van der Waals surface area contributed by atoms with E-state index in [2.05, 4.69) is 17.2 Å². The molecule has 0 fully saturated rings. The van der Waals surface area contributed by atoms with Gasteiger partial charge in [-0.3, -0.25) is 4.79 Å². The monoisotopic (exact) mass is 237 g/mol. The molecule has 0 aromatic heterocycles. The highest BCUT2D eigenvalue weighted by molar-refractivity contribution is 6.30. The van der Waals surface area contributed by atoms with Gasteiger partial charge in [-0.05, 0) is 24.7 Å². The zero-order chi connectivity index (χ0) is 12.0. The maximum absolute atomic E-state index is 10.6. The van der Waals surface area contributed by atoms with E-state index in [9.17, 15) is 4.79 Å². The molecule has 0 amide bonds. The predicted octanol–water partition coefficient (Wildman–Crippen LogP) is 1.54. The van der Waals surface area contributed by atoms with Crippen molar-refractivity contribution in [1.29, 1.82) is 0 Å². The molecular weight excluding hydrogens is 226 g/mol. The van der Waals surface area contributed by atoms with Gasteiger partial charge in [-0.1, -0.05) is 29.5 Å². The number of carboxylic acids is 1. The third kappa shape index (κ3) is 3.93. The molecule has 3 nitrogen and oxygen atoms in total. The van der Waals surface area contributed by atoms with Crippen LogP contribution in [0.3, 0.4) is 0 Å². The first-order chi connectivity index (χ1) is 7.63. The Labute approximate surface area is 99.4 Å². The van der Waals surface area contributed by atoms with Crippen LogP contribution in [0, 0.1) is 11.8 Å². The lowest BCUT2D eigenvalue weighted by Gasteiger charge is -2.01. The summed E-state index contributed by atoms with van der Waals surface area (Å²) in [5.74, 6) is 4.90. The summed E-state index contributed by atoms with van der Waals surface area (Å²) in [5.41, 5.74) is 1.35. The van der Waals surface area contributed by atoms with Gasteiger partial charge in [-0.15, -0.1) is 0 Å². The van der Waals surface area contributed by atoms with Crippen LogP contribution in [0.1, 0.15) is 11.1 Å². The zero-order valence-corrected chi connectivity index (χ0v) is 9.64. The Morgan fingerprint density at radius 1 is 1.56 bits per heavy atom. The lowest BCUT2D eigenvalue weighted by Crippen LogP contribution is -2.05. The van der Waals surface area contributed by atoms with Crippen LogP contribution in [-0.4, -0.2) is 24.7 Å². The number of rotatable bonds is 3. The fraction of sp³-hybridized carbons (Fsp3) is 0.250. The maximum Gasteiger partial charge on any atom is 0.307 e. The van der Waals surface area contributed by atoms with E-state index in [1.165, 1.54) is 0 Å². The molecule has 0 aliphatic heterocycles. The molecule has 0 atom stereocenters. The highest BCUT2D eigenvalue weighted by atomic mass is 35.5. The SMILES string of the molecule is CNCC#Cc1cc(Cl)ccc1CC(=O)O. The molecule has 0 bridgehead atoms. The van der Waals surface area contributed by atoms with Crippen LogP contribution in [0.5, 0.6) is 0 Å². The van der Waals surface area contributed by atoms with Gasteiger partial charge in [0.05, 0.1) is 13.0 Å². The molecule has 1 rings (SSSR count). The molecule has 0 aliphatic rings. The van der Waals surface area contributed by atoms with Crippen LogP contribution < -0.4 is 5.32 Å². The average molecular weight is 238 g/mol. The minimum Gasteiger partial charge on any atom is -0.481 e. The van der Waals surface area contributed by atoms with Crippen molar-refractivity contribution in [2.75, 3.05) is 13.6 Å². The van der Waals surface area contributed by atoms with E-state index >= 15 is 0 Å². The second-order valence-corrected chi connectivity index (χ2v) is 3.64. The molecule has 0 radical (unpaired) electrons. The van der Waals surface area contributed by atoms with E-state index in [0.29, 0.717) is 22.7 Å². The molecule has 1 aromatic carbocycles. The number of benzene rings is 1. The van der Waals surface area contributed by atoms with Crippen molar-refractivity contribution in [2.24, 2.45) is 0 Å². The van der Waals surface area contributed by atoms with Crippen molar-refractivity contribution < 1.29 is 9.90 Å². The summed E-state index contributed by atoms with van der Waals surface area (Å²) in [5, 5.41) is 12.2. The van der Waals surface area contributed by atoms with Gasteiger partial charge in [0.15, 0.2) is 0 Å². The van der Waals surface area contributed by atoms with E-state index < -0.39 is 5.97 Å². The third-order valence-corrected chi connectivity index (χ3v) is 2.14. The molecule has 4 heteroatoms. The van der Waals surface area contributed by atoms with Crippen molar-refractivity contribution in [3.63, 3.8) is 0 Å². The van der Waals surface area contributed by atoms with Crippen LogP contribution in [0.4, 0.5) is 0 Å². The normalized spacial score (nSPS) is 9.38. The molecule has 0 aliphatic carbocycles. The fourth-order valence-corrected chi connectivity index (χ4v) is 1.38. The largest absolute Gasteiger partial charge is 0.481 e. The highest BCUT2D eigenvalue weighted by Gasteiger charge is 2.05. The van der Waals surface area contributed by atoms with Gasteiger partial charge >= 0.3 is 5.97 Å². The Hall–Kier alpha value is -1.50. The number of hydrogen-bond donors (Lipinski definition) is 2. The third-order valence-electron chi connectivity index (χ3n) is 1.90. The van der Waals surface area contributed by atoms with Crippen LogP contribution in [0.15, 0.2) is 18.2 Å². The number of nitrogens with one attached hydrogen (secondary N) is 1. The molecular formula is C12H12ClNO2. The molecule has 16 heavy (non-hydrogen) atoms. The first kappa shape index (κ1) is 12.6. The van der Waals surface area contributed by atoms with Gasteiger partial charge in [0.1, 0.15) is 0 Å². The number of aliphatic carboxylic acids is 1. The summed E-state index contributed by atoms with van der Waals surface area (Å²) in [7, 11) is 1.80. The van der Waals surface area contributed by atoms with Gasteiger partial charge < -0.3 is 10.4 Å². The number of carbonyl (C=O) groups is 1. The van der Waals surface area contributed by atoms with Crippen LogP contribution in [0.25, 0.3) is 0 Å². The molecule has 84 valence electrons. The summed E-state index contributed by atoms with van der Waals surface area (Å²) < 4.78 is 0. The Balaban J connectivity index is 2.99. The topological polar surface area (TPSA) is 49.3 Å². The summed E-state index contributed by atoms with van der Waals surface area (Å²) >= 11 is 5.84. The van der Waals surface area contributed by atoms with E-state index in [-0.39, 0.29) is 6.42 Å². The maximum atomic E-state index is 10.6. The predicted molar refractivity (Wildman–Crippen MR) is 63.6 cm³/mol. The van der Waals surface area contributed by atoms with E-state index in [0.717, 1.165) is 0 Å². The van der Waals surface area contributed by atoms with Gasteiger partial charge in [0, 0.05) is 10.6 Å². The summed E-state index contributed by atoms with van der Waals surface area (Å²) in [6.45, 7) is 0.555. The Morgan fingerprint density at radius 3 is 2.94 bits per heavy atom. The van der Waals surface area contributed by atoms with Gasteiger partial charge in [0.25, 0.3) is 0 Å². The van der Waals surface area contributed by atoms with E-state index in [1.807, 2.05) is 0 Å². The quantitative estimate of drug-likeness (QED) is 0.784. The van der Waals surface area contributed by atoms with Gasteiger partial charge in [-0.25, -0.2) is 0 Å². The molecule has 2 N–H and O–H groups in total. The van der Waals surface area contributed by atoms with Crippen LogP contribution in [0.2, 0.25) is 5.02 Å². The Morgan fingerprint density at radius 2 is 2.31 bits per heavy atom. The molecule has 0 saturated heterocycles. The second kappa shape index (κ2) is 6.16. The number of hydrogen-bond acceptors (Lipinski definition) is 2. The van der Waals surface area contributed by atoms with E-state index in [1.54, 1.807) is 25.2 Å². The first-order valence-corrected chi connectivity index (χ1v) is 5.15. The van der Waals surface area contributed by atoms with Crippen molar-refractivity contribution in [3.8, 4) is 11.8 Å². The molecule has 0 saturated carbocycles. The van der Waals surface area contributed by atoms with Crippen molar-refractivity contribution in [3.05, 3.63) is 34.3 Å². The summed E-state index contributed by atoms with van der Waals surface area (Å²) in [4.78, 5) is 10.6. The number of halogens is 1. The minimum atomic E-state index is -0.876. The van der Waals surface area contributed by atoms with Crippen molar-refractivity contribution in [2.45, 2.75) is 6.42 Å². The first-order valence-electron chi connectivity index (χ1n) is 4.77. The zero-order valence-electron chi connectivity index (χ0n) is 8.88. The fourth-order valence-electron chi connectivity index (χ4n) is 1.21. The lowest BCUT2D eigenvalue weighted by molar-refractivity contribution is -0.136. The number of carboxylic acid groups (broad SMARTS) is 1. The summed E-state index contributed by atoms with van der Waals surface area (Å²) in [6, 6.07) is 5.05. The second-order valence-electron chi connectivity index (χ2n) is 3.20.